The zero-order valence-corrected chi connectivity index (χ0v) is 21.6. The Balaban J connectivity index is 1.72. The van der Waals surface area contributed by atoms with Gasteiger partial charge in [-0.25, -0.2) is 0 Å². The molecule has 0 aliphatic rings. The molecule has 34 heavy (non-hydrogen) atoms. The summed E-state index contributed by atoms with van der Waals surface area (Å²) in [5.74, 6) is 2.33. The average Bonchev–Trinajstić information content (AvgIpc) is 2.85. The van der Waals surface area contributed by atoms with E-state index in [-0.39, 0.29) is 17.4 Å². The topological polar surface area (TPSA) is 38.7 Å². The van der Waals surface area contributed by atoms with E-state index in [0.717, 1.165) is 17.9 Å². The van der Waals surface area contributed by atoms with E-state index in [1.165, 1.54) is 22.3 Å². The van der Waals surface area contributed by atoms with E-state index in [4.69, 9.17) is 26.2 Å². The smallest absolute Gasteiger partial charge is 0.119 e. The highest BCUT2D eigenvalue weighted by Gasteiger charge is 2.26. The van der Waals surface area contributed by atoms with Gasteiger partial charge in [0.25, 0.3) is 0 Å². The van der Waals surface area contributed by atoms with Gasteiger partial charge in [0.1, 0.15) is 11.5 Å². The van der Waals surface area contributed by atoms with Crippen molar-refractivity contribution in [2.75, 3.05) is 25.7 Å². The lowest BCUT2D eigenvalue weighted by Crippen LogP contribution is -2.21. The number of aliphatic hydroxyl groups is 1. The lowest BCUT2D eigenvalue weighted by atomic mass is 9.74. The van der Waals surface area contributed by atoms with Crippen LogP contribution in [0.4, 0.5) is 0 Å². The maximum Gasteiger partial charge on any atom is 0.119 e. The van der Waals surface area contributed by atoms with Gasteiger partial charge in [-0.05, 0) is 52.9 Å². The Morgan fingerprint density at radius 3 is 1.24 bits per heavy atom. The fourth-order valence-electron chi connectivity index (χ4n) is 4.07. The molecule has 0 saturated carbocycles. The van der Waals surface area contributed by atoms with Crippen molar-refractivity contribution >= 4 is 11.6 Å². The minimum absolute atomic E-state index is 0.120. The van der Waals surface area contributed by atoms with Crippen LogP contribution in [-0.4, -0.2) is 30.8 Å². The molecule has 3 aromatic carbocycles. The van der Waals surface area contributed by atoms with E-state index in [1.54, 1.807) is 0 Å². The minimum atomic E-state index is -0.131. The van der Waals surface area contributed by atoms with Crippen LogP contribution in [0.25, 0.3) is 0 Å². The van der Waals surface area contributed by atoms with Crippen LogP contribution >= 0.6 is 11.6 Å². The Bertz CT molecular complexity index is 922. The second-order valence-electron chi connectivity index (χ2n) is 9.69. The largest absolute Gasteiger partial charge is 0.494 e. The molecule has 0 aliphatic heterocycles. The minimum Gasteiger partial charge on any atom is -0.494 e. The Hall–Kier alpha value is -2.49. The standard InChI is InChI=1S/C30H37ClO3/c1-29(2,25-11-15-27(16-12-25)33-21-5-19-31)23-7-9-24(10-8-23)30(3,4)26-13-17-28(18-14-26)34-22-6-20-32/h7-18,32H,5-6,19-22H2,1-4H3. The Labute approximate surface area is 209 Å². The summed E-state index contributed by atoms with van der Waals surface area (Å²) in [4.78, 5) is 0. The van der Waals surface area contributed by atoms with Gasteiger partial charge >= 0.3 is 0 Å². The van der Waals surface area contributed by atoms with E-state index >= 15 is 0 Å². The third-order valence-electron chi connectivity index (χ3n) is 6.60. The summed E-state index contributed by atoms with van der Waals surface area (Å²) in [7, 11) is 0. The van der Waals surface area contributed by atoms with Crippen LogP contribution < -0.4 is 9.47 Å². The van der Waals surface area contributed by atoms with Crippen molar-refractivity contribution in [2.45, 2.75) is 51.4 Å². The lowest BCUT2D eigenvalue weighted by Gasteiger charge is -2.29. The van der Waals surface area contributed by atoms with Crippen LogP contribution in [0.15, 0.2) is 72.8 Å². The molecule has 182 valence electrons. The Kier molecular flexibility index (Phi) is 9.04. The zero-order valence-electron chi connectivity index (χ0n) is 20.8. The van der Waals surface area contributed by atoms with Crippen molar-refractivity contribution in [3.63, 3.8) is 0 Å². The number of ether oxygens (including phenoxy) is 2. The first-order chi connectivity index (χ1) is 16.3. The van der Waals surface area contributed by atoms with E-state index in [9.17, 15) is 0 Å². The fraction of sp³-hybridized carbons (Fsp3) is 0.400. The van der Waals surface area contributed by atoms with Crippen LogP contribution in [0.5, 0.6) is 11.5 Å². The van der Waals surface area contributed by atoms with Crippen molar-refractivity contribution < 1.29 is 14.6 Å². The number of benzene rings is 3. The SMILES string of the molecule is CC(C)(c1ccc(OCCCO)cc1)c1ccc(C(C)(C)c2ccc(OCCCCl)cc2)cc1. The van der Waals surface area contributed by atoms with Crippen LogP contribution in [0.1, 0.15) is 62.8 Å². The molecule has 0 aromatic heterocycles. The highest BCUT2D eigenvalue weighted by atomic mass is 35.5. The predicted molar refractivity (Wildman–Crippen MR) is 142 cm³/mol. The van der Waals surface area contributed by atoms with Gasteiger partial charge in [-0.15, -0.1) is 11.6 Å². The highest BCUT2D eigenvalue weighted by molar-refractivity contribution is 6.17. The van der Waals surface area contributed by atoms with Crippen LogP contribution in [-0.2, 0) is 10.8 Å². The van der Waals surface area contributed by atoms with Crippen LogP contribution in [0.3, 0.4) is 0 Å². The molecule has 0 atom stereocenters. The molecule has 4 heteroatoms. The molecule has 3 nitrogen and oxygen atoms in total. The van der Waals surface area contributed by atoms with E-state index in [0.29, 0.717) is 25.5 Å². The molecule has 0 bridgehead atoms. The number of hydrogen-bond donors (Lipinski definition) is 1. The summed E-state index contributed by atoms with van der Waals surface area (Å²) in [6.45, 7) is 10.3. The first-order valence-electron chi connectivity index (χ1n) is 12.0. The predicted octanol–water partition coefficient (Wildman–Crippen LogP) is 7.11. The molecular formula is C30H37ClO3. The van der Waals surface area contributed by atoms with Crippen LogP contribution in [0, 0.1) is 0 Å². The molecule has 3 aromatic rings. The van der Waals surface area contributed by atoms with Gasteiger partial charge in [0.05, 0.1) is 13.2 Å². The van der Waals surface area contributed by atoms with Gasteiger partial charge in [-0.1, -0.05) is 76.2 Å². The number of halogens is 1. The molecule has 0 aliphatic carbocycles. The molecule has 0 saturated heterocycles. The quantitative estimate of drug-likeness (QED) is 0.222. The highest BCUT2D eigenvalue weighted by Crippen LogP contribution is 2.36. The van der Waals surface area contributed by atoms with Crippen molar-refractivity contribution in [1.29, 1.82) is 0 Å². The van der Waals surface area contributed by atoms with Gasteiger partial charge in [0, 0.05) is 29.7 Å². The second kappa shape index (κ2) is 11.8. The van der Waals surface area contributed by atoms with Gasteiger partial charge in [0.15, 0.2) is 0 Å². The second-order valence-corrected chi connectivity index (χ2v) is 10.1. The van der Waals surface area contributed by atoms with E-state index in [1.807, 2.05) is 24.3 Å². The van der Waals surface area contributed by atoms with Crippen LogP contribution in [0.2, 0.25) is 0 Å². The molecular weight excluding hydrogens is 444 g/mol. The summed E-state index contributed by atoms with van der Waals surface area (Å²) in [5.41, 5.74) is 4.78. The summed E-state index contributed by atoms with van der Waals surface area (Å²) in [6, 6.07) is 25.6. The van der Waals surface area contributed by atoms with Gasteiger partial charge in [0.2, 0.25) is 0 Å². The van der Waals surface area contributed by atoms with E-state index in [2.05, 4.69) is 76.2 Å². The molecule has 0 fully saturated rings. The summed E-state index contributed by atoms with van der Waals surface area (Å²) in [6.07, 6.45) is 1.49. The monoisotopic (exact) mass is 480 g/mol. The average molecular weight is 481 g/mol. The number of hydrogen-bond acceptors (Lipinski definition) is 3. The molecule has 0 amide bonds. The van der Waals surface area contributed by atoms with Gasteiger partial charge in [-0.2, -0.15) is 0 Å². The number of alkyl halides is 1. The molecule has 0 spiro atoms. The summed E-state index contributed by atoms with van der Waals surface area (Å²) >= 11 is 5.73. The first-order valence-corrected chi connectivity index (χ1v) is 12.6. The van der Waals surface area contributed by atoms with Crippen molar-refractivity contribution in [2.24, 2.45) is 0 Å². The third-order valence-corrected chi connectivity index (χ3v) is 6.87. The first kappa shape index (κ1) is 26.1. The van der Waals surface area contributed by atoms with Crippen molar-refractivity contribution in [3.8, 4) is 11.5 Å². The van der Waals surface area contributed by atoms with Gasteiger partial charge < -0.3 is 14.6 Å². The van der Waals surface area contributed by atoms with E-state index < -0.39 is 0 Å². The molecule has 0 heterocycles. The molecule has 0 unspecified atom stereocenters. The number of rotatable bonds is 12. The van der Waals surface area contributed by atoms with Gasteiger partial charge in [-0.3, -0.25) is 0 Å². The Morgan fingerprint density at radius 2 is 0.912 bits per heavy atom. The maximum atomic E-state index is 8.91. The zero-order chi connectivity index (χ0) is 24.6. The summed E-state index contributed by atoms with van der Waals surface area (Å²) < 4.78 is 11.4. The molecule has 0 radical (unpaired) electrons. The fourth-order valence-corrected chi connectivity index (χ4v) is 4.18. The van der Waals surface area contributed by atoms with Crippen molar-refractivity contribution in [1.82, 2.24) is 0 Å². The normalized spacial score (nSPS) is 11.9. The summed E-state index contributed by atoms with van der Waals surface area (Å²) in [5, 5.41) is 8.91. The molecule has 3 rings (SSSR count). The third kappa shape index (κ3) is 6.34. The maximum absolute atomic E-state index is 8.91. The van der Waals surface area contributed by atoms with Crippen molar-refractivity contribution in [3.05, 3.63) is 95.1 Å². The number of aliphatic hydroxyl groups excluding tert-OH is 1. The Morgan fingerprint density at radius 1 is 0.588 bits per heavy atom. The molecule has 1 N–H and O–H groups in total. The lowest BCUT2D eigenvalue weighted by molar-refractivity contribution is 0.233.